The number of carbonyl (C=O) groups is 2. The number of hydrogen-bond acceptors (Lipinski definition) is 7. The summed E-state index contributed by atoms with van der Waals surface area (Å²) >= 11 is 0. The Bertz CT molecular complexity index is 1020. The second-order valence-corrected chi connectivity index (χ2v) is 7.11. The smallest absolute Gasteiger partial charge is 0.295 e. The Balaban J connectivity index is 2.13. The molecule has 1 amide bonds. The Hall–Kier alpha value is -3.59. The van der Waals surface area contributed by atoms with Gasteiger partial charge in [0, 0.05) is 43.2 Å². The van der Waals surface area contributed by atoms with E-state index in [0.717, 1.165) is 13.1 Å². The second kappa shape index (κ2) is 9.48. The highest BCUT2D eigenvalue weighted by Crippen LogP contribution is 2.40. The van der Waals surface area contributed by atoms with Crippen molar-refractivity contribution in [2.45, 2.75) is 19.9 Å². The molecular formula is C22H24N4O5. The molecule has 9 nitrogen and oxygen atoms in total. The fourth-order valence-corrected chi connectivity index (χ4v) is 3.72. The van der Waals surface area contributed by atoms with E-state index in [2.05, 4.69) is 9.88 Å². The van der Waals surface area contributed by atoms with Gasteiger partial charge in [0.1, 0.15) is 5.76 Å². The van der Waals surface area contributed by atoms with Gasteiger partial charge in [-0.15, -0.1) is 0 Å². The molecule has 0 bridgehead atoms. The molecule has 1 saturated heterocycles. The number of Topliss-reactive ketones (excluding diaryl/α,β-unsaturated/α-hetero) is 1. The lowest BCUT2D eigenvalue weighted by atomic mass is 9.95. The molecule has 1 fully saturated rings. The van der Waals surface area contributed by atoms with Gasteiger partial charge in [-0.2, -0.15) is 0 Å². The first kappa shape index (κ1) is 22.1. The standard InChI is InChI=1S/C22H24N4O5/c1-3-24(4-2)12-13-25-19(16-6-5-7-17(14-16)26(30)31)18(21(28)22(25)29)20(27)15-8-10-23-11-9-15/h5-11,14,19,27H,3-4,12-13H2,1-2H3/t19-/m1/s1. The SMILES string of the molecule is CCN(CC)CCN1C(=O)C(=O)C(=C(O)c2ccncc2)[C@H]1c1cccc([N+](=O)[O-])c1. The van der Waals surface area contributed by atoms with E-state index in [4.69, 9.17) is 0 Å². The van der Waals surface area contributed by atoms with Crippen LogP contribution in [0.25, 0.3) is 5.76 Å². The van der Waals surface area contributed by atoms with Gasteiger partial charge >= 0.3 is 0 Å². The zero-order valence-electron chi connectivity index (χ0n) is 17.4. The number of aromatic nitrogens is 1. The molecule has 31 heavy (non-hydrogen) atoms. The number of aliphatic hydroxyl groups is 1. The van der Waals surface area contributed by atoms with Crippen LogP contribution in [0.15, 0.2) is 54.4 Å². The number of nitrogens with zero attached hydrogens (tertiary/aromatic N) is 4. The quantitative estimate of drug-likeness (QED) is 0.228. The van der Waals surface area contributed by atoms with Crippen LogP contribution >= 0.6 is 0 Å². The summed E-state index contributed by atoms with van der Waals surface area (Å²) in [4.78, 5) is 44.0. The van der Waals surface area contributed by atoms with Crippen LogP contribution in [0, 0.1) is 10.1 Å². The van der Waals surface area contributed by atoms with Crippen LogP contribution in [-0.2, 0) is 9.59 Å². The van der Waals surface area contributed by atoms with Gasteiger partial charge in [-0.1, -0.05) is 26.0 Å². The normalized spacial score (nSPS) is 18.0. The van der Waals surface area contributed by atoms with Crippen molar-refractivity contribution in [2.75, 3.05) is 26.2 Å². The largest absolute Gasteiger partial charge is 0.507 e. The molecule has 0 saturated carbocycles. The molecule has 0 spiro atoms. The number of aliphatic hydroxyl groups excluding tert-OH is 1. The van der Waals surface area contributed by atoms with E-state index >= 15 is 0 Å². The van der Waals surface area contributed by atoms with E-state index in [-0.39, 0.29) is 23.6 Å². The Morgan fingerprint density at radius 1 is 1.19 bits per heavy atom. The van der Waals surface area contributed by atoms with Gasteiger partial charge in [0.2, 0.25) is 0 Å². The monoisotopic (exact) mass is 424 g/mol. The van der Waals surface area contributed by atoms with E-state index in [1.165, 1.54) is 47.6 Å². The summed E-state index contributed by atoms with van der Waals surface area (Å²) < 4.78 is 0. The second-order valence-electron chi connectivity index (χ2n) is 7.11. The highest BCUT2D eigenvalue weighted by Gasteiger charge is 2.46. The van der Waals surface area contributed by atoms with Crippen LogP contribution in [-0.4, -0.2) is 62.7 Å². The van der Waals surface area contributed by atoms with Crippen LogP contribution in [0.4, 0.5) is 5.69 Å². The van der Waals surface area contributed by atoms with E-state index in [0.29, 0.717) is 17.7 Å². The average molecular weight is 424 g/mol. The number of likely N-dealkylation sites (N-methyl/N-ethyl adjacent to an activating group) is 1. The van der Waals surface area contributed by atoms with Gasteiger partial charge < -0.3 is 14.9 Å². The average Bonchev–Trinajstić information content (AvgIpc) is 3.05. The Morgan fingerprint density at radius 3 is 2.48 bits per heavy atom. The summed E-state index contributed by atoms with van der Waals surface area (Å²) in [6.45, 7) is 6.32. The first-order chi connectivity index (χ1) is 14.9. The van der Waals surface area contributed by atoms with Gasteiger partial charge in [-0.05, 0) is 30.8 Å². The lowest BCUT2D eigenvalue weighted by Gasteiger charge is -2.28. The molecule has 1 aliphatic heterocycles. The molecule has 1 aromatic heterocycles. The number of benzene rings is 1. The number of non-ortho nitro benzene ring substituents is 1. The lowest BCUT2D eigenvalue weighted by molar-refractivity contribution is -0.384. The fourth-order valence-electron chi connectivity index (χ4n) is 3.72. The molecule has 3 rings (SSSR count). The number of rotatable bonds is 8. The third-order valence-corrected chi connectivity index (χ3v) is 5.44. The van der Waals surface area contributed by atoms with Crippen LogP contribution < -0.4 is 0 Å². The Kier molecular flexibility index (Phi) is 6.76. The van der Waals surface area contributed by atoms with Crippen LogP contribution in [0.5, 0.6) is 0 Å². The highest BCUT2D eigenvalue weighted by molar-refractivity contribution is 6.46. The molecule has 0 aliphatic carbocycles. The van der Waals surface area contributed by atoms with Crippen LogP contribution in [0.3, 0.4) is 0 Å². The third kappa shape index (κ3) is 4.46. The van der Waals surface area contributed by atoms with Crippen molar-refractivity contribution in [3.63, 3.8) is 0 Å². The molecule has 9 heteroatoms. The molecule has 1 aliphatic rings. The van der Waals surface area contributed by atoms with E-state index < -0.39 is 22.7 Å². The first-order valence-electron chi connectivity index (χ1n) is 10.0. The minimum Gasteiger partial charge on any atom is -0.507 e. The maximum absolute atomic E-state index is 12.9. The van der Waals surface area contributed by atoms with Crippen molar-refractivity contribution in [3.05, 3.63) is 75.6 Å². The summed E-state index contributed by atoms with van der Waals surface area (Å²) in [6, 6.07) is 7.93. The number of ketones is 1. The molecule has 2 heterocycles. The molecule has 162 valence electrons. The third-order valence-electron chi connectivity index (χ3n) is 5.44. The molecule has 0 radical (unpaired) electrons. The van der Waals surface area contributed by atoms with E-state index in [1.807, 2.05) is 13.8 Å². The zero-order valence-corrected chi connectivity index (χ0v) is 17.4. The lowest BCUT2D eigenvalue weighted by Crippen LogP contribution is -2.38. The molecular weight excluding hydrogens is 400 g/mol. The number of nitro groups is 1. The maximum Gasteiger partial charge on any atom is 0.295 e. The number of amides is 1. The van der Waals surface area contributed by atoms with Crippen LogP contribution in [0.1, 0.15) is 31.0 Å². The predicted molar refractivity (Wildman–Crippen MR) is 114 cm³/mol. The Labute approximate surface area is 179 Å². The van der Waals surface area contributed by atoms with Crippen molar-refractivity contribution in [1.29, 1.82) is 0 Å². The van der Waals surface area contributed by atoms with Crippen molar-refractivity contribution >= 4 is 23.1 Å². The summed E-state index contributed by atoms with van der Waals surface area (Å²) in [5, 5.41) is 22.2. The van der Waals surface area contributed by atoms with Crippen molar-refractivity contribution in [3.8, 4) is 0 Å². The van der Waals surface area contributed by atoms with Crippen molar-refractivity contribution in [2.24, 2.45) is 0 Å². The molecule has 2 aromatic rings. The number of pyridine rings is 1. The van der Waals surface area contributed by atoms with Gasteiger partial charge in [-0.25, -0.2) is 0 Å². The molecule has 1 atom stereocenters. The van der Waals surface area contributed by atoms with Gasteiger partial charge in [0.05, 0.1) is 16.5 Å². The topological polar surface area (TPSA) is 117 Å². The van der Waals surface area contributed by atoms with E-state index in [1.54, 1.807) is 6.07 Å². The predicted octanol–water partition coefficient (Wildman–Crippen LogP) is 2.75. The molecule has 1 N–H and O–H groups in total. The summed E-state index contributed by atoms with van der Waals surface area (Å²) in [5.74, 6) is -1.88. The minimum absolute atomic E-state index is 0.0868. The summed E-state index contributed by atoms with van der Waals surface area (Å²) in [5.41, 5.74) is 0.489. The summed E-state index contributed by atoms with van der Waals surface area (Å²) in [6.07, 6.45) is 2.93. The zero-order chi connectivity index (χ0) is 22.5. The first-order valence-corrected chi connectivity index (χ1v) is 10.0. The van der Waals surface area contributed by atoms with Gasteiger partial charge in [-0.3, -0.25) is 24.7 Å². The Morgan fingerprint density at radius 2 is 1.87 bits per heavy atom. The van der Waals surface area contributed by atoms with Gasteiger partial charge in [0.25, 0.3) is 17.4 Å². The van der Waals surface area contributed by atoms with Crippen molar-refractivity contribution in [1.82, 2.24) is 14.8 Å². The fraction of sp³-hybridized carbons (Fsp3) is 0.318. The molecule has 0 unspecified atom stereocenters. The minimum atomic E-state index is -0.927. The van der Waals surface area contributed by atoms with Crippen LogP contribution in [0.2, 0.25) is 0 Å². The summed E-state index contributed by atoms with van der Waals surface area (Å²) in [7, 11) is 0. The highest BCUT2D eigenvalue weighted by atomic mass is 16.6. The molecule has 1 aromatic carbocycles. The van der Waals surface area contributed by atoms with E-state index in [9.17, 15) is 24.8 Å². The van der Waals surface area contributed by atoms with Gasteiger partial charge in [0.15, 0.2) is 0 Å². The number of hydrogen-bond donors (Lipinski definition) is 1. The van der Waals surface area contributed by atoms with Crippen molar-refractivity contribution < 1.29 is 19.6 Å². The maximum atomic E-state index is 12.9. The number of nitro benzene ring substituents is 1. The number of carbonyl (C=O) groups excluding carboxylic acids is 2. The number of likely N-dealkylation sites (tertiary alicyclic amines) is 1.